The van der Waals surface area contributed by atoms with Crippen LogP contribution in [0.25, 0.3) is 0 Å². The van der Waals surface area contributed by atoms with Crippen molar-refractivity contribution in [1.29, 1.82) is 5.26 Å². The summed E-state index contributed by atoms with van der Waals surface area (Å²) in [5.41, 5.74) is 0.650. The zero-order valence-corrected chi connectivity index (χ0v) is 9.61. The number of hydrogen-bond donors (Lipinski definition) is 1. The van der Waals surface area contributed by atoms with Crippen LogP contribution in [0.2, 0.25) is 0 Å². The number of nitriles is 1. The summed E-state index contributed by atoms with van der Waals surface area (Å²) >= 11 is 0. The van der Waals surface area contributed by atoms with E-state index in [9.17, 15) is 13.6 Å². The first-order valence-corrected chi connectivity index (χ1v) is 5.21. The second-order valence-electron chi connectivity index (χ2n) is 3.49. The van der Waals surface area contributed by atoms with Gasteiger partial charge in [0.1, 0.15) is 5.75 Å². The van der Waals surface area contributed by atoms with Gasteiger partial charge in [0.05, 0.1) is 18.1 Å². The maximum Gasteiger partial charge on any atom is 0.387 e. The molecule has 0 heterocycles. The Morgan fingerprint density at radius 3 is 2.67 bits per heavy atom. The zero-order valence-electron chi connectivity index (χ0n) is 9.61. The third kappa shape index (κ3) is 3.17. The topological polar surface area (TPSA) is 70.3 Å². The largest absolute Gasteiger partial charge is 0.481 e. The molecule has 0 bridgehead atoms. The maximum absolute atomic E-state index is 12.3. The van der Waals surface area contributed by atoms with Crippen LogP contribution in [0, 0.1) is 11.3 Å². The average Bonchev–Trinajstić information content (AvgIpc) is 2.29. The van der Waals surface area contributed by atoms with Crippen molar-refractivity contribution in [1.82, 2.24) is 0 Å². The molecule has 4 nitrogen and oxygen atoms in total. The van der Waals surface area contributed by atoms with Gasteiger partial charge in [-0.3, -0.25) is 4.79 Å². The van der Waals surface area contributed by atoms with E-state index in [-0.39, 0.29) is 16.9 Å². The normalized spacial score (nSPS) is 10.2. The molecule has 0 unspecified atom stereocenters. The number of carboxylic acid groups (broad SMARTS) is 1. The smallest absolute Gasteiger partial charge is 0.387 e. The van der Waals surface area contributed by atoms with Crippen molar-refractivity contribution < 1.29 is 23.4 Å². The number of alkyl halides is 2. The molecule has 1 aromatic rings. The lowest BCUT2D eigenvalue weighted by molar-refractivity contribution is -0.136. The van der Waals surface area contributed by atoms with Crippen LogP contribution < -0.4 is 4.74 Å². The van der Waals surface area contributed by atoms with E-state index in [4.69, 9.17) is 10.4 Å². The number of rotatable bonds is 5. The van der Waals surface area contributed by atoms with Gasteiger partial charge in [0.15, 0.2) is 0 Å². The van der Waals surface area contributed by atoms with Gasteiger partial charge in [-0.05, 0) is 12.5 Å². The molecule has 0 fully saturated rings. The van der Waals surface area contributed by atoms with Crippen LogP contribution in [-0.2, 0) is 17.6 Å². The van der Waals surface area contributed by atoms with E-state index in [1.165, 1.54) is 12.1 Å². The highest BCUT2D eigenvalue weighted by atomic mass is 19.3. The Morgan fingerprint density at radius 1 is 1.56 bits per heavy atom. The fraction of sp³-hybridized carbons (Fsp3) is 0.333. The first-order chi connectivity index (χ1) is 8.49. The minimum absolute atomic E-state index is 0.138. The van der Waals surface area contributed by atoms with Gasteiger partial charge in [-0.1, -0.05) is 13.0 Å². The molecule has 0 saturated carbocycles. The number of nitrogens with zero attached hydrogens (tertiary/aromatic N) is 1. The summed E-state index contributed by atoms with van der Waals surface area (Å²) in [6.45, 7) is -1.38. The SMILES string of the molecule is CCc1c(C#N)ccc(CC(=O)O)c1OC(F)F. The molecule has 1 aromatic carbocycles. The van der Waals surface area contributed by atoms with E-state index >= 15 is 0 Å². The van der Waals surface area contributed by atoms with Crippen LogP contribution in [0.3, 0.4) is 0 Å². The Kier molecular flexibility index (Phi) is 4.60. The molecule has 18 heavy (non-hydrogen) atoms. The fourth-order valence-corrected chi connectivity index (χ4v) is 1.67. The lowest BCUT2D eigenvalue weighted by atomic mass is 9.99. The minimum Gasteiger partial charge on any atom is -0.481 e. The summed E-state index contributed by atoms with van der Waals surface area (Å²) in [6.07, 6.45) is -0.126. The van der Waals surface area contributed by atoms with E-state index in [0.29, 0.717) is 12.0 Å². The van der Waals surface area contributed by atoms with Gasteiger partial charge >= 0.3 is 12.6 Å². The standard InChI is InChI=1S/C12H11F2NO3/c1-2-9-8(6-15)4-3-7(5-10(16)17)11(9)18-12(13)14/h3-4,12H,2,5H2,1H3,(H,16,17). The molecular formula is C12H11F2NO3. The molecule has 0 atom stereocenters. The molecule has 1 rings (SSSR count). The lowest BCUT2D eigenvalue weighted by Gasteiger charge is -2.14. The minimum atomic E-state index is -3.06. The molecule has 0 aliphatic rings. The summed E-state index contributed by atoms with van der Waals surface area (Å²) in [6, 6.07) is 4.60. The van der Waals surface area contributed by atoms with Gasteiger partial charge in [-0.2, -0.15) is 14.0 Å². The average molecular weight is 255 g/mol. The van der Waals surface area contributed by atoms with E-state index < -0.39 is 19.0 Å². The van der Waals surface area contributed by atoms with Crippen molar-refractivity contribution >= 4 is 5.97 Å². The molecule has 0 amide bonds. The molecular weight excluding hydrogens is 244 g/mol. The molecule has 0 aromatic heterocycles. The first kappa shape index (κ1) is 13.9. The molecule has 0 spiro atoms. The van der Waals surface area contributed by atoms with Crippen molar-refractivity contribution in [2.45, 2.75) is 26.4 Å². The Labute approximate surface area is 102 Å². The fourth-order valence-electron chi connectivity index (χ4n) is 1.67. The van der Waals surface area contributed by atoms with Crippen molar-refractivity contribution in [3.05, 3.63) is 28.8 Å². The summed E-state index contributed by atoms with van der Waals surface area (Å²) in [7, 11) is 0. The summed E-state index contributed by atoms with van der Waals surface area (Å²) in [5, 5.41) is 17.6. The van der Waals surface area contributed by atoms with Gasteiger partial charge in [-0.15, -0.1) is 0 Å². The Bertz CT molecular complexity index is 495. The van der Waals surface area contributed by atoms with Crippen LogP contribution in [0.4, 0.5) is 8.78 Å². The number of carbonyl (C=O) groups is 1. The predicted octanol–water partition coefficient (Wildman–Crippen LogP) is 2.35. The zero-order chi connectivity index (χ0) is 13.7. The molecule has 96 valence electrons. The van der Waals surface area contributed by atoms with E-state index in [1.807, 2.05) is 6.07 Å². The number of carboxylic acids is 1. The number of benzene rings is 1. The predicted molar refractivity (Wildman–Crippen MR) is 58.5 cm³/mol. The Balaban J connectivity index is 3.34. The van der Waals surface area contributed by atoms with Crippen molar-refractivity contribution in [2.24, 2.45) is 0 Å². The molecule has 1 N–H and O–H groups in total. The molecule has 0 radical (unpaired) electrons. The second-order valence-corrected chi connectivity index (χ2v) is 3.49. The highest BCUT2D eigenvalue weighted by Gasteiger charge is 2.18. The van der Waals surface area contributed by atoms with Gasteiger partial charge in [0, 0.05) is 11.1 Å². The molecule has 0 aliphatic carbocycles. The van der Waals surface area contributed by atoms with Crippen LogP contribution in [-0.4, -0.2) is 17.7 Å². The number of hydrogen-bond acceptors (Lipinski definition) is 3. The van der Waals surface area contributed by atoms with E-state index in [1.54, 1.807) is 6.92 Å². The van der Waals surface area contributed by atoms with Crippen molar-refractivity contribution in [3.63, 3.8) is 0 Å². The van der Waals surface area contributed by atoms with Gasteiger partial charge in [0.25, 0.3) is 0 Å². The summed E-state index contributed by atoms with van der Waals surface area (Å²) in [5.74, 6) is -1.35. The molecule has 0 aliphatic heterocycles. The van der Waals surface area contributed by atoms with Gasteiger partial charge < -0.3 is 9.84 Å². The van der Waals surface area contributed by atoms with E-state index in [0.717, 1.165) is 0 Å². The van der Waals surface area contributed by atoms with Crippen LogP contribution in [0.1, 0.15) is 23.6 Å². The Hall–Kier alpha value is -2.16. The molecule has 0 saturated heterocycles. The van der Waals surface area contributed by atoms with Crippen molar-refractivity contribution in [3.8, 4) is 11.8 Å². The van der Waals surface area contributed by atoms with Crippen LogP contribution in [0.5, 0.6) is 5.75 Å². The Morgan fingerprint density at radius 2 is 2.22 bits per heavy atom. The highest BCUT2D eigenvalue weighted by molar-refractivity contribution is 5.72. The van der Waals surface area contributed by atoms with Crippen LogP contribution in [0.15, 0.2) is 12.1 Å². The second kappa shape index (κ2) is 5.96. The van der Waals surface area contributed by atoms with Gasteiger partial charge in [-0.25, -0.2) is 0 Å². The monoisotopic (exact) mass is 255 g/mol. The highest BCUT2D eigenvalue weighted by Crippen LogP contribution is 2.29. The summed E-state index contributed by atoms with van der Waals surface area (Å²) < 4.78 is 29.0. The number of aliphatic carboxylic acids is 1. The maximum atomic E-state index is 12.3. The first-order valence-electron chi connectivity index (χ1n) is 5.21. The lowest BCUT2D eigenvalue weighted by Crippen LogP contribution is -2.10. The quantitative estimate of drug-likeness (QED) is 0.876. The number of halogens is 2. The third-order valence-corrected chi connectivity index (χ3v) is 2.36. The van der Waals surface area contributed by atoms with E-state index in [2.05, 4.69) is 4.74 Å². The van der Waals surface area contributed by atoms with Gasteiger partial charge in [0.2, 0.25) is 0 Å². The number of ether oxygens (including phenoxy) is 1. The van der Waals surface area contributed by atoms with Crippen molar-refractivity contribution in [2.75, 3.05) is 0 Å². The molecule has 6 heteroatoms. The van der Waals surface area contributed by atoms with Crippen LogP contribution >= 0.6 is 0 Å². The summed E-state index contributed by atoms with van der Waals surface area (Å²) in [4.78, 5) is 10.7. The third-order valence-electron chi connectivity index (χ3n) is 2.36.